The van der Waals surface area contributed by atoms with E-state index in [0.717, 1.165) is 11.1 Å². The molecule has 0 fully saturated rings. The molecule has 100 valence electrons. The van der Waals surface area contributed by atoms with Gasteiger partial charge in [-0.05, 0) is 43.3 Å². The van der Waals surface area contributed by atoms with Gasteiger partial charge in [0.05, 0.1) is 16.1 Å². The minimum Gasteiger partial charge on any atom is -0.309 e. The molecule has 0 bridgehead atoms. The van der Waals surface area contributed by atoms with Crippen molar-refractivity contribution in [1.29, 1.82) is 0 Å². The molecule has 0 aliphatic rings. The fourth-order valence-electron chi connectivity index (χ4n) is 2.06. The highest BCUT2D eigenvalue weighted by molar-refractivity contribution is 6.42. The van der Waals surface area contributed by atoms with Crippen LogP contribution in [0.4, 0.5) is 4.39 Å². The highest BCUT2D eigenvalue weighted by Crippen LogP contribution is 2.30. The Morgan fingerprint density at radius 3 is 2.37 bits per heavy atom. The second-order valence-corrected chi connectivity index (χ2v) is 5.23. The van der Waals surface area contributed by atoms with Gasteiger partial charge in [-0.25, -0.2) is 4.39 Å². The maximum Gasteiger partial charge on any atom is 0.128 e. The summed E-state index contributed by atoms with van der Waals surface area (Å²) in [6, 6.07) is 10.3. The van der Waals surface area contributed by atoms with Crippen LogP contribution >= 0.6 is 23.2 Å². The van der Waals surface area contributed by atoms with Gasteiger partial charge in [0.15, 0.2) is 0 Å². The van der Waals surface area contributed by atoms with Crippen LogP contribution in [0.1, 0.15) is 22.7 Å². The maximum atomic E-state index is 14.1. The molecule has 2 rings (SSSR count). The first-order valence-corrected chi connectivity index (χ1v) is 6.66. The molecular formula is C15H14Cl2FN. The van der Waals surface area contributed by atoms with Gasteiger partial charge in [0.1, 0.15) is 5.82 Å². The smallest absolute Gasteiger partial charge is 0.128 e. The van der Waals surface area contributed by atoms with E-state index in [4.69, 9.17) is 23.2 Å². The van der Waals surface area contributed by atoms with Gasteiger partial charge in [-0.1, -0.05) is 41.4 Å². The monoisotopic (exact) mass is 297 g/mol. The molecule has 1 N–H and O–H groups in total. The first-order valence-electron chi connectivity index (χ1n) is 5.91. The third-order valence-corrected chi connectivity index (χ3v) is 3.77. The molecule has 1 atom stereocenters. The second kappa shape index (κ2) is 5.91. The van der Waals surface area contributed by atoms with Crippen molar-refractivity contribution in [3.63, 3.8) is 0 Å². The van der Waals surface area contributed by atoms with Crippen molar-refractivity contribution in [3.8, 4) is 0 Å². The van der Waals surface area contributed by atoms with Crippen molar-refractivity contribution in [2.45, 2.75) is 13.0 Å². The largest absolute Gasteiger partial charge is 0.309 e. The molecule has 1 unspecified atom stereocenters. The summed E-state index contributed by atoms with van der Waals surface area (Å²) in [7, 11) is 1.78. The Kier molecular flexibility index (Phi) is 4.46. The van der Waals surface area contributed by atoms with Gasteiger partial charge in [0.2, 0.25) is 0 Å². The molecule has 0 aliphatic carbocycles. The zero-order chi connectivity index (χ0) is 14.0. The van der Waals surface area contributed by atoms with Crippen molar-refractivity contribution in [1.82, 2.24) is 5.32 Å². The van der Waals surface area contributed by atoms with Crippen LogP contribution in [0.15, 0.2) is 36.4 Å². The number of nitrogens with one attached hydrogen (secondary N) is 1. The molecule has 0 heterocycles. The number of halogens is 3. The first-order chi connectivity index (χ1) is 9.02. The molecule has 1 nitrogen and oxygen atoms in total. The molecule has 2 aromatic rings. The van der Waals surface area contributed by atoms with Crippen molar-refractivity contribution < 1.29 is 4.39 Å². The van der Waals surface area contributed by atoms with Gasteiger partial charge in [0.25, 0.3) is 0 Å². The van der Waals surface area contributed by atoms with Crippen LogP contribution in [0.3, 0.4) is 0 Å². The number of hydrogen-bond acceptors (Lipinski definition) is 1. The van der Waals surface area contributed by atoms with Gasteiger partial charge < -0.3 is 5.32 Å². The molecular weight excluding hydrogens is 284 g/mol. The molecule has 19 heavy (non-hydrogen) atoms. The molecule has 4 heteroatoms. The third-order valence-electron chi connectivity index (χ3n) is 3.03. The predicted molar refractivity (Wildman–Crippen MR) is 78.5 cm³/mol. The summed E-state index contributed by atoms with van der Waals surface area (Å²) in [6.07, 6.45) is 0. The van der Waals surface area contributed by atoms with Gasteiger partial charge >= 0.3 is 0 Å². The van der Waals surface area contributed by atoms with E-state index in [-0.39, 0.29) is 11.9 Å². The first kappa shape index (κ1) is 14.3. The normalized spacial score (nSPS) is 12.5. The molecule has 0 radical (unpaired) electrons. The van der Waals surface area contributed by atoms with E-state index >= 15 is 0 Å². The highest BCUT2D eigenvalue weighted by Gasteiger charge is 2.17. The lowest BCUT2D eigenvalue weighted by Crippen LogP contribution is -2.19. The van der Waals surface area contributed by atoms with Crippen LogP contribution in [-0.4, -0.2) is 7.05 Å². The van der Waals surface area contributed by atoms with Crippen LogP contribution < -0.4 is 5.32 Å². The van der Waals surface area contributed by atoms with E-state index in [0.29, 0.717) is 15.6 Å². The minimum absolute atomic E-state index is 0.231. The Bertz CT molecular complexity index is 599. The van der Waals surface area contributed by atoms with Crippen LogP contribution in [0, 0.1) is 12.7 Å². The van der Waals surface area contributed by atoms with Crippen molar-refractivity contribution in [2.75, 3.05) is 7.05 Å². The standard InChI is InChI=1S/C15H14Cl2FN/c1-9-3-5-11(14(18)7-9)15(19-2)10-4-6-12(16)13(17)8-10/h3-8,15,19H,1-2H3. The maximum absolute atomic E-state index is 14.1. The molecule has 0 saturated carbocycles. The Balaban J connectivity index is 2.46. The van der Waals surface area contributed by atoms with E-state index < -0.39 is 0 Å². The van der Waals surface area contributed by atoms with Crippen molar-refractivity contribution >= 4 is 23.2 Å². The Hall–Kier alpha value is -1.09. The average Bonchev–Trinajstić information content (AvgIpc) is 2.37. The number of aryl methyl sites for hydroxylation is 1. The van der Waals surface area contributed by atoms with Gasteiger partial charge in [-0.2, -0.15) is 0 Å². The Labute approximate surface area is 122 Å². The fourth-order valence-corrected chi connectivity index (χ4v) is 2.37. The second-order valence-electron chi connectivity index (χ2n) is 4.42. The van der Waals surface area contributed by atoms with Crippen molar-refractivity contribution in [2.24, 2.45) is 0 Å². The fraction of sp³-hybridized carbons (Fsp3) is 0.200. The lowest BCUT2D eigenvalue weighted by Gasteiger charge is -2.18. The van der Waals surface area contributed by atoms with E-state index in [2.05, 4.69) is 5.32 Å². The third kappa shape index (κ3) is 3.08. The van der Waals surface area contributed by atoms with Crippen LogP contribution in [0.25, 0.3) is 0 Å². The number of rotatable bonds is 3. The van der Waals surface area contributed by atoms with E-state index in [1.807, 2.05) is 19.1 Å². The van der Waals surface area contributed by atoms with E-state index in [1.54, 1.807) is 25.2 Å². The lowest BCUT2D eigenvalue weighted by molar-refractivity contribution is 0.575. The summed E-state index contributed by atoms with van der Waals surface area (Å²) >= 11 is 11.9. The van der Waals surface area contributed by atoms with Crippen LogP contribution in [0.5, 0.6) is 0 Å². The van der Waals surface area contributed by atoms with E-state index in [1.165, 1.54) is 6.07 Å². The van der Waals surface area contributed by atoms with Crippen LogP contribution in [0.2, 0.25) is 10.0 Å². The summed E-state index contributed by atoms with van der Waals surface area (Å²) in [4.78, 5) is 0. The Morgan fingerprint density at radius 2 is 1.79 bits per heavy atom. The Morgan fingerprint density at radius 1 is 1.05 bits per heavy atom. The van der Waals surface area contributed by atoms with Gasteiger partial charge in [0, 0.05) is 5.56 Å². The summed E-state index contributed by atoms with van der Waals surface area (Å²) in [6.45, 7) is 1.86. The minimum atomic E-state index is -0.254. The summed E-state index contributed by atoms with van der Waals surface area (Å²) in [5.41, 5.74) is 2.36. The molecule has 0 amide bonds. The lowest BCUT2D eigenvalue weighted by atomic mass is 9.97. The number of hydrogen-bond donors (Lipinski definition) is 1. The topological polar surface area (TPSA) is 12.0 Å². The summed E-state index contributed by atoms with van der Waals surface area (Å²) in [5.74, 6) is -0.231. The quantitative estimate of drug-likeness (QED) is 0.862. The predicted octanol–water partition coefficient (Wildman–Crippen LogP) is 4.75. The molecule has 0 spiro atoms. The van der Waals surface area contributed by atoms with E-state index in [9.17, 15) is 4.39 Å². The molecule has 0 aliphatic heterocycles. The SMILES string of the molecule is CNC(c1ccc(Cl)c(Cl)c1)c1ccc(C)cc1F. The van der Waals surface area contributed by atoms with Gasteiger partial charge in [-0.15, -0.1) is 0 Å². The zero-order valence-corrected chi connectivity index (χ0v) is 12.2. The number of benzene rings is 2. The molecule has 0 saturated heterocycles. The zero-order valence-electron chi connectivity index (χ0n) is 10.7. The van der Waals surface area contributed by atoms with Gasteiger partial charge in [-0.3, -0.25) is 0 Å². The average molecular weight is 298 g/mol. The highest BCUT2D eigenvalue weighted by atomic mass is 35.5. The molecule has 0 aromatic heterocycles. The molecule has 2 aromatic carbocycles. The van der Waals surface area contributed by atoms with Crippen molar-refractivity contribution in [3.05, 3.63) is 69.0 Å². The summed E-state index contributed by atoms with van der Waals surface area (Å²) < 4.78 is 14.1. The summed E-state index contributed by atoms with van der Waals surface area (Å²) in [5, 5.41) is 4.06. The van der Waals surface area contributed by atoms with Crippen LogP contribution in [-0.2, 0) is 0 Å².